The van der Waals surface area contributed by atoms with Crippen molar-refractivity contribution in [3.63, 3.8) is 0 Å². The molecule has 0 saturated carbocycles. The fourth-order valence-electron chi connectivity index (χ4n) is 5.41. The van der Waals surface area contributed by atoms with Crippen LogP contribution in [0, 0.1) is 11.8 Å². The lowest BCUT2D eigenvalue weighted by Crippen LogP contribution is -2.45. The minimum absolute atomic E-state index is 0.0168. The number of ether oxygens (including phenoxy) is 1. The number of rotatable bonds is 22. The number of nitrogens with zero attached hydrogens (tertiary/aromatic N) is 3. The Morgan fingerprint density at radius 1 is 0.906 bits per heavy atom. The van der Waals surface area contributed by atoms with Crippen LogP contribution in [0.15, 0.2) is 36.4 Å². The predicted octanol–water partition coefficient (Wildman–Crippen LogP) is 3.57. The summed E-state index contributed by atoms with van der Waals surface area (Å²) in [7, 11) is 3.69. The lowest BCUT2D eigenvalue weighted by Gasteiger charge is -2.33. The molecule has 1 aliphatic rings. The van der Waals surface area contributed by atoms with Gasteiger partial charge in [0, 0.05) is 75.4 Å². The van der Waals surface area contributed by atoms with Crippen LogP contribution < -0.4 is 21.7 Å². The number of likely N-dealkylation sites (N-methyl/N-ethyl adjacent to an activating group) is 2. The van der Waals surface area contributed by atoms with Gasteiger partial charge in [-0.2, -0.15) is 0 Å². The third-order valence-corrected chi connectivity index (χ3v) is 9.17. The lowest BCUT2D eigenvalue weighted by molar-refractivity contribution is -0.137. The quantitative estimate of drug-likeness (QED) is 0.101. The predicted molar refractivity (Wildman–Crippen MR) is 201 cm³/mol. The monoisotopic (exact) mass is 741 g/mol. The highest BCUT2D eigenvalue weighted by molar-refractivity contribution is 6.12. The second-order valence-corrected chi connectivity index (χ2v) is 14.8. The van der Waals surface area contributed by atoms with Gasteiger partial charge >= 0.3 is 12.1 Å². The van der Waals surface area contributed by atoms with Crippen molar-refractivity contribution in [2.75, 3.05) is 45.6 Å². The highest BCUT2D eigenvalue weighted by Gasteiger charge is 2.30. The number of imide groups is 1. The number of urea groups is 1. The first-order valence-electron chi connectivity index (χ1n) is 18.3. The van der Waals surface area contributed by atoms with Crippen molar-refractivity contribution in [1.82, 2.24) is 25.3 Å². The van der Waals surface area contributed by atoms with Gasteiger partial charge in [-0.15, -0.1) is 0 Å². The molecule has 0 bridgehead atoms. The number of primary amides is 1. The molecular weight excluding hydrogens is 682 g/mol. The lowest BCUT2D eigenvalue weighted by atomic mass is 9.89. The largest absolute Gasteiger partial charge is 0.445 e. The van der Waals surface area contributed by atoms with E-state index >= 15 is 0 Å². The van der Waals surface area contributed by atoms with E-state index in [-0.39, 0.29) is 73.9 Å². The second kappa shape index (κ2) is 21.7. The summed E-state index contributed by atoms with van der Waals surface area (Å²) in [5.74, 6) is -2.65. The maximum Gasteiger partial charge on any atom is 0.409 e. The van der Waals surface area contributed by atoms with Gasteiger partial charge in [0.05, 0.1) is 6.04 Å². The molecular formula is C38H59N7O8. The number of ketones is 1. The molecule has 0 saturated heterocycles. The van der Waals surface area contributed by atoms with E-state index in [1.807, 2.05) is 20.9 Å². The summed E-state index contributed by atoms with van der Waals surface area (Å²) in [4.78, 5) is 91.7. The summed E-state index contributed by atoms with van der Waals surface area (Å²) in [6.45, 7) is 11.7. The highest BCUT2D eigenvalue weighted by Crippen LogP contribution is 2.20. The van der Waals surface area contributed by atoms with Crippen molar-refractivity contribution in [1.29, 1.82) is 0 Å². The van der Waals surface area contributed by atoms with Crippen LogP contribution in [0.1, 0.15) is 85.1 Å². The van der Waals surface area contributed by atoms with E-state index in [0.717, 1.165) is 10.5 Å². The number of unbranched alkanes of at least 4 members (excludes halogenated alkanes) is 2. The Hall–Kier alpha value is -4.79. The normalized spacial score (nSPS) is 13.9. The molecule has 1 unspecified atom stereocenters. The van der Waals surface area contributed by atoms with Crippen LogP contribution in [0.4, 0.5) is 15.3 Å². The fraction of sp³-hybridized carbons (Fsp3) is 0.605. The van der Waals surface area contributed by atoms with Crippen LogP contribution in [0.25, 0.3) is 0 Å². The minimum Gasteiger partial charge on any atom is -0.445 e. The molecule has 1 aromatic rings. The van der Waals surface area contributed by atoms with E-state index in [2.05, 4.69) is 41.6 Å². The maximum absolute atomic E-state index is 13.5. The molecule has 1 aliphatic heterocycles. The van der Waals surface area contributed by atoms with Gasteiger partial charge in [-0.3, -0.25) is 33.8 Å². The van der Waals surface area contributed by atoms with Gasteiger partial charge in [0.2, 0.25) is 11.8 Å². The Morgan fingerprint density at radius 2 is 1.55 bits per heavy atom. The Balaban J connectivity index is 1.93. The van der Waals surface area contributed by atoms with Gasteiger partial charge in [-0.1, -0.05) is 32.4 Å². The van der Waals surface area contributed by atoms with Crippen molar-refractivity contribution in [2.45, 2.75) is 97.8 Å². The molecule has 0 aromatic heterocycles. The molecule has 1 aromatic carbocycles. The number of hydrogen-bond donors (Lipinski definition) is 4. The molecule has 53 heavy (non-hydrogen) atoms. The van der Waals surface area contributed by atoms with Gasteiger partial charge in [0.25, 0.3) is 11.8 Å². The first-order chi connectivity index (χ1) is 24.9. The molecule has 2 rings (SSSR count). The summed E-state index contributed by atoms with van der Waals surface area (Å²) in [6, 6.07) is 5.34. The summed E-state index contributed by atoms with van der Waals surface area (Å²) >= 11 is 0. The van der Waals surface area contributed by atoms with Gasteiger partial charge in [0.1, 0.15) is 6.61 Å². The Bertz CT molecular complexity index is 1440. The molecule has 15 heteroatoms. The van der Waals surface area contributed by atoms with E-state index in [1.54, 1.807) is 31.3 Å². The Kier molecular flexibility index (Phi) is 18.1. The number of hydrogen-bond acceptors (Lipinski definition) is 9. The Morgan fingerprint density at radius 3 is 2.13 bits per heavy atom. The number of benzene rings is 1. The van der Waals surface area contributed by atoms with E-state index in [9.17, 15) is 33.6 Å². The third kappa shape index (κ3) is 16.2. The smallest absolute Gasteiger partial charge is 0.409 e. The molecule has 0 spiro atoms. The van der Waals surface area contributed by atoms with Crippen molar-refractivity contribution in [3.05, 3.63) is 42.0 Å². The van der Waals surface area contributed by atoms with Crippen LogP contribution >= 0.6 is 0 Å². The highest BCUT2D eigenvalue weighted by atomic mass is 16.6. The van der Waals surface area contributed by atoms with Crippen LogP contribution in [-0.4, -0.2) is 108 Å². The molecule has 5 N–H and O–H groups in total. The molecule has 0 fully saturated rings. The zero-order valence-electron chi connectivity index (χ0n) is 32.4. The van der Waals surface area contributed by atoms with Crippen LogP contribution in [0.2, 0.25) is 0 Å². The Labute approximate surface area is 313 Å². The van der Waals surface area contributed by atoms with E-state index < -0.39 is 30.0 Å². The van der Waals surface area contributed by atoms with Gasteiger partial charge in [0.15, 0.2) is 5.78 Å². The topological polar surface area (TPSA) is 201 Å². The van der Waals surface area contributed by atoms with E-state index in [0.29, 0.717) is 44.5 Å². The van der Waals surface area contributed by atoms with Crippen molar-refractivity contribution in [3.8, 4) is 0 Å². The van der Waals surface area contributed by atoms with Crippen molar-refractivity contribution < 1.29 is 38.3 Å². The minimum atomic E-state index is -0.812. The number of carbonyl (C=O) groups is 7. The van der Waals surface area contributed by atoms with Gasteiger partial charge < -0.3 is 31.3 Å². The zero-order valence-corrected chi connectivity index (χ0v) is 32.4. The number of nitrogens with two attached hydrogens (primary N) is 1. The first-order valence-corrected chi connectivity index (χ1v) is 18.3. The average Bonchev–Trinajstić information content (AvgIpc) is 3.41. The molecule has 294 valence electrons. The molecule has 0 aliphatic carbocycles. The number of Topliss-reactive ketones (excluding diaryl/α,β-unsaturated/α-hetero) is 1. The molecule has 2 atom stereocenters. The summed E-state index contributed by atoms with van der Waals surface area (Å²) in [5.41, 5.74) is 6.38. The van der Waals surface area contributed by atoms with Crippen LogP contribution in [0.5, 0.6) is 0 Å². The van der Waals surface area contributed by atoms with Crippen molar-refractivity contribution in [2.24, 2.45) is 17.6 Å². The van der Waals surface area contributed by atoms with Gasteiger partial charge in [-0.05, 0) is 77.1 Å². The van der Waals surface area contributed by atoms with Gasteiger partial charge in [-0.25, -0.2) is 9.59 Å². The fourth-order valence-corrected chi connectivity index (χ4v) is 5.41. The number of carbonyl (C=O) groups excluding carboxylic acids is 7. The van der Waals surface area contributed by atoms with E-state index in [4.69, 9.17) is 10.5 Å². The molecule has 7 amide bonds. The molecule has 0 radical (unpaired) electrons. The summed E-state index contributed by atoms with van der Waals surface area (Å²) in [6.07, 6.45) is 4.42. The summed E-state index contributed by atoms with van der Waals surface area (Å²) in [5, 5.41) is 8.18. The van der Waals surface area contributed by atoms with E-state index in [1.165, 1.54) is 17.1 Å². The van der Waals surface area contributed by atoms with Crippen molar-refractivity contribution >= 4 is 47.2 Å². The average molecular weight is 742 g/mol. The zero-order chi connectivity index (χ0) is 39.7. The number of nitrogens with one attached hydrogen (secondary N) is 3. The second-order valence-electron chi connectivity index (χ2n) is 14.8. The number of anilines is 1. The third-order valence-electron chi connectivity index (χ3n) is 9.17. The molecule has 15 nitrogen and oxygen atoms in total. The SMILES string of the molecule is CC(C)C(NC(=O)CCCCCN1C(=O)C=CC1=O)C(=O)C[C@@H](CCCNC(N)=O)C(=O)Nc1ccc(COC(=O)N(C)CCN(C)C(C)(C)C)cc1. The first kappa shape index (κ1) is 44.4. The maximum atomic E-state index is 13.5. The summed E-state index contributed by atoms with van der Waals surface area (Å²) < 4.78 is 5.46. The van der Waals surface area contributed by atoms with Crippen LogP contribution in [0.3, 0.4) is 0 Å². The molecule has 1 heterocycles. The standard InChI is InChI=1S/C38H59N7O8/c1-26(2)34(42-31(47)13-9-8-10-21-45-32(48)18-19-33(45)49)30(46)24-28(12-11-20-40-36(39)51)35(50)41-29-16-14-27(15-17-29)25-53-37(52)43(6)22-23-44(7)38(3,4)5/h14-19,26,28,34H,8-13,20-25H2,1-7H3,(H,41,50)(H,42,47)(H3,39,40,51)/t28-,34?/m1/s1. The number of amides is 7. The van der Waals surface area contributed by atoms with Crippen LogP contribution in [-0.2, 0) is 35.3 Å².